The van der Waals surface area contributed by atoms with Crippen molar-refractivity contribution >= 4 is 23.4 Å². The number of hydrogen-bond donors (Lipinski definition) is 1. The quantitative estimate of drug-likeness (QED) is 0.410. The Kier molecular flexibility index (Phi) is 9.29. The molecule has 0 aromatic heterocycles. The highest BCUT2D eigenvalue weighted by molar-refractivity contribution is 6.30. The molecule has 3 aromatic carbocycles. The largest absolute Gasteiger partial charge is 0.354 e. The first-order chi connectivity index (χ1) is 16.4. The van der Waals surface area contributed by atoms with Gasteiger partial charge in [0.1, 0.15) is 6.04 Å². The lowest BCUT2D eigenvalue weighted by atomic mass is 9.99. The van der Waals surface area contributed by atoms with Gasteiger partial charge in [0.2, 0.25) is 11.8 Å². The molecule has 0 spiro atoms. The van der Waals surface area contributed by atoms with Crippen LogP contribution < -0.4 is 5.32 Å². The minimum Gasteiger partial charge on any atom is -0.354 e. The summed E-state index contributed by atoms with van der Waals surface area (Å²) in [5.74, 6) is -0.219. The van der Waals surface area contributed by atoms with Crippen molar-refractivity contribution in [3.63, 3.8) is 0 Å². The van der Waals surface area contributed by atoms with E-state index in [-0.39, 0.29) is 18.2 Å². The molecular weight excluding hydrogens is 444 g/mol. The zero-order valence-electron chi connectivity index (χ0n) is 20.2. The number of carbonyl (C=O) groups is 2. The average molecular weight is 477 g/mol. The molecule has 0 radical (unpaired) electrons. The molecule has 0 heterocycles. The molecule has 0 aliphatic carbocycles. The zero-order chi connectivity index (χ0) is 24.5. The number of aryl methyl sites for hydroxylation is 2. The highest BCUT2D eigenvalue weighted by Crippen LogP contribution is 2.20. The van der Waals surface area contributed by atoms with Gasteiger partial charge in [-0.3, -0.25) is 9.59 Å². The van der Waals surface area contributed by atoms with Crippen LogP contribution >= 0.6 is 11.6 Å². The van der Waals surface area contributed by atoms with Crippen molar-refractivity contribution in [1.29, 1.82) is 0 Å². The Morgan fingerprint density at radius 1 is 0.941 bits per heavy atom. The van der Waals surface area contributed by atoms with Crippen LogP contribution in [-0.2, 0) is 29.0 Å². The van der Waals surface area contributed by atoms with Crippen molar-refractivity contribution in [3.05, 3.63) is 106 Å². The Hall–Kier alpha value is -3.11. The third kappa shape index (κ3) is 7.19. The van der Waals surface area contributed by atoms with Crippen molar-refractivity contribution < 1.29 is 9.59 Å². The van der Waals surface area contributed by atoms with Gasteiger partial charge in [0.25, 0.3) is 0 Å². The summed E-state index contributed by atoms with van der Waals surface area (Å²) in [5.41, 5.74) is 5.06. The molecule has 0 aliphatic rings. The summed E-state index contributed by atoms with van der Waals surface area (Å²) in [6.45, 7) is 6.93. The number of nitrogens with one attached hydrogen (secondary N) is 1. The van der Waals surface area contributed by atoms with Crippen molar-refractivity contribution in [2.75, 3.05) is 6.54 Å². The van der Waals surface area contributed by atoms with Gasteiger partial charge in [0.15, 0.2) is 0 Å². The van der Waals surface area contributed by atoms with Gasteiger partial charge in [-0.1, -0.05) is 84.8 Å². The average Bonchev–Trinajstić information content (AvgIpc) is 2.82. The Balaban J connectivity index is 1.98. The third-order valence-corrected chi connectivity index (χ3v) is 6.14. The smallest absolute Gasteiger partial charge is 0.243 e. The van der Waals surface area contributed by atoms with Gasteiger partial charge < -0.3 is 10.2 Å². The van der Waals surface area contributed by atoms with Crippen LogP contribution in [0.3, 0.4) is 0 Å². The van der Waals surface area contributed by atoms with Gasteiger partial charge in [-0.2, -0.15) is 0 Å². The number of halogens is 1. The second kappa shape index (κ2) is 12.4. The number of benzene rings is 3. The molecule has 0 saturated carbocycles. The molecule has 178 valence electrons. The van der Waals surface area contributed by atoms with Crippen LogP contribution in [0.5, 0.6) is 0 Å². The molecule has 1 N–H and O–H groups in total. The third-order valence-electron chi connectivity index (χ3n) is 5.91. The molecule has 3 aromatic rings. The van der Waals surface area contributed by atoms with E-state index in [1.807, 2.05) is 93.6 Å². The molecule has 5 heteroatoms. The highest BCUT2D eigenvalue weighted by Gasteiger charge is 2.30. The van der Waals surface area contributed by atoms with E-state index >= 15 is 0 Å². The van der Waals surface area contributed by atoms with Crippen LogP contribution in [0.15, 0.2) is 72.8 Å². The van der Waals surface area contributed by atoms with Crippen LogP contribution in [0.2, 0.25) is 5.02 Å². The van der Waals surface area contributed by atoms with E-state index in [0.717, 1.165) is 34.2 Å². The first-order valence-electron chi connectivity index (χ1n) is 11.8. The first kappa shape index (κ1) is 25.5. The monoisotopic (exact) mass is 476 g/mol. The van der Waals surface area contributed by atoms with Crippen LogP contribution in [0.4, 0.5) is 0 Å². The van der Waals surface area contributed by atoms with E-state index in [0.29, 0.717) is 24.5 Å². The Morgan fingerprint density at radius 3 is 2.38 bits per heavy atom. The van der Waals surface area contributed by atoms with Crippen molar-refractivity contribution in [1.82, 2.24) is 10.2 Å². The maximum absolute atomic E-state index is 13.8. The topological polar surface area (TPSA) is 49.4 Å². The molecule has 0 fully saturated rings. The van der Waals surface area contributed by atoms with E-state index in [1.54, 1.807) is 4.90 Å². The van der Waals surface area contributed by atoms with Crippen LogP contribution in [0.25, 0.3) is 0 Å². The van der Waals surface area contributed by atoms with E-state index in [2.05, 4.69) is 5.32 Å². The molecule has 0 saturated heterocycles. The maximum atomic E-state index is 13.8. The molecule has 0 aliphatic heterocycles. The van der Waals surface area contributed by atoms with Crippen molar-refractivity contribution in [3.8, 4) is 0 Å². The molecule has 34 heavy (non-hydrogen) atoms. The van der Waals surface area contributed by atoms with E-state index in [4.69, 9.17) is 11.6 Å². The van der Waals surface area contributed by atoms with Crippen LogP contribution in [0, 0.1) is 13.8 Å². The fourth-order valence-corrected chi connectivity index (χ4v) is 4.22. The minimum absolute atomic E-state index is 0.0822. The first-order valence-corrected chi connectivity index (χ1v) is 12.2. The predicted octanol–water partition coefficient (Wildman–Crippen LogP) is 5.67. The standard InChI is InChI=1S/C29H33ClN2O2/c1-4-15-31-29(34)27(18-23-9-6-5-7-10-23)32(20-24-11-8-12-26(30)17-24)28(33)19-25-16-21(2)13-14-22(25)3/h5-14,16-17,27H,4,15,18-20H2,1-3H3,(H,31,34)/t27-/m1/s1. The molecule has 3 rings (SSSR count). The second-order valence-corrected chi connectivity index (χ2v) is 9.19. The Bertz CT molecular complexity index is 1110. The van der Waals surface area contributed by atoms with Gasteiger partial charge >= 0.3 is 0 Å². The minimum atomic E-state index is -0.634. The molecular formula is C29H33ClN2O2. The van der Waals surface area contributed by atoms with Crippen LogP contribution in [-0.4, -0.2) is 29.3 Å². The van der Waals surface area contributed by atoms with Gasteiger partial charge in [0, 0.05) is 24.5 Å². The van der Waals surface area contributed by atoms with Crippen molar-refractivity contribution in [2.24, 2.45) is 0 Å². The lowest BCUT2D eigenvalue weighted by molar-refractivity contribution is -0.140. The number of hydrogen-bond acceptors (Lipinski definition) is 2. The zero-order valence-corrected chi connectivity index (χ0v) is 20.9. The van der Waals surface area contributed by atoms with Gasteiger partial charge in [0.05, 0.1) is 6.42 Å². The summed E-state index contributed by atoms with van der Waals surface area (Å²) in [7, 11) is 0. The number of rotatable bonds is 10. The van der Waals surface area contributed by atoms with E-state index in [9.17, 15) is 9.59 Å². The molecule has 0 bridgehead atoms. The fourth-order valence-electron chi connectivity index (χ4n) is 4.01. The normalized spacial score (nSPS) is 11.6. The SMILES string of the molecule is CCCNC(=O)[C@@H](Cc1ccccc1)N(Cc1cccc(Cl)c1)C(=O)Cc1cc(C)ccc1C. The number of nitrogens with zero attached hydrogens (tertiary/aromatic N) is 1. The maximum Gasteiger partial charge on any atom is 0.243 e. The number of carbonyl (C=O) groups excluding carboxylic acids is 2. The Morgan fingerprint density at radius 2 is 1.68 bits per heavy atom. The summed E-state index contributed by atoms with van der Waals surface area (Å²) >= 11 is 6.23. The number of amides is 2. The van der Waals surface area contributed by atoms with Gasteiger partial charge in [-0.15, -0.1) is 0 Å². The second-order valence-electron chi connectivity index (χ2n) is 8.75. The fraction of sp³-hybridized carbons (Fsp3) is 0.310. The summed E-state index contributed by atoms with van der Waals surface area (Å²) in [4.78, 5) is 28.9. The molecule has 1 atom stereocenters. The Labute approximate surface area is 207 Å². The summed E-state index contributed by atoms with van der Waals surface area (Å²) < 4.78 is 0. The van der Waals surface area contributed by atoms with E-state index < -0.39 is 6.04 Å². The van der Waals surface area contributed by atoms with Gasteiger partial charge in [-0.25, -0.2) is 0 Å². The molecule has 0 unspecified atom stereocenters. The summed E-state index contributed by atoms with van der Waals surface area (Å²) in [5, 5.41) is 3.62. The summed E-state index contributed by atoms with van der Waals surface area (Å²) in [6.07, 6.45) is 1.50. The lowest BCUT2D eigenvalue weighted by Crippen LogP contribution is -2.51. The predicted molar refractivity (Wildman–Crippen MR) is 139 cm³/mol. The van der Waals surface area contributed by atoms with Crippen molar-refractivity contribution in [2.45, 2.75) is 52.6 Å². The highest BCUT2D eigenvalue weighted by atomic mass is 35.5. The van der Waals surface area contributed by atoms with Gasteiger partial charge in [-0.05, 0) is 54.7 Å². The summed E-state index contributed by atoms with van der Waals surface area (Å²) in [6, 6.07) is 22.8. The van der Waals surface area contributed by atoms with Crippen LogP contribution in [0.1, 0.15) is 41.2 Å². The molecule has 2 amide bonds. The molecule has 4 nitrogen and oxygen atoms in total. The lowest BCUT2D eigenvalue weighted by Gasteiger charge is -2.32. The van der Waals surface area contributed by atoms with E-state index in [1.165, 1.54) is 0 Å².